The molecule has 0 aromatic carbocycles. The Morgan fingerprint density at radius 2 is 1.90 bits per heavy atom. The molecule has 3 aromatic heterocycles. The number of aromatic nitrogens is 4. The molecule has 29 heavy (non-hydrogen) atoms. The number of aryl methyl sites for hydroxylation is 2. The van der Waals surface area contributed by atoms with Crippen LogP contribution in [0.2, 0.25) is 0 Å². The van der Waals surface area contributed by atoms with Crippen LogP contribution >= 0.6 is 11.3 Å². The summed E-state index contributed by atoms with van der Waals surface area (Å²) in [4.78, 5) is 26.7. The van der Waals surface area contributed by atoms with Gasteiger partial charge in [-0.3, -0.25) is 4.79 Å². The van der Waals surface area contributed by atoms with E-state index in [0.717, 1.165) is 66.6 Å². The van der Waals surface area contributed by atoms with Crippen LogP contribution in [0.3, 0.4) is 0 Å². The van der Waals surface area contributed by atoms with Gasteiger partial charge in [0.1, 0.15) is 11.5 Å². The molecule has 5 heterocycles. The van der Waals surface area contributed by atoms with Crippen LogP contribution in [0.15, 0.2) is 17.6 Å². The Labute approximate surface area is 174 Å². The molecule has 2 fully saturated rings. The van der Waals surface area contributed by atoms with Gasteiger partial charge in [0.15, 0.2) is 5.65 Å². The lowest BCUT2D eigenvalue weighted by Gasteiger charge is -2.34. The smallest absolute Gasteiger partial charge is 0.273 e. The second-order valence-electron chi connectivity index (χ2n) is 8.08. The number of carbonyl (C=O) groups excluding carboxylic acids is 1. The average Bonchev–Trinajstić information content (AvgIpc) is 3.47. The van der Waals surface area contributed by atoms with Crippen LogP contribution in [-0.4, -0.2) is 50.0 Å². The van der Waals surface area contributed by atoms with E-state index in [-0.39, 0.29) is 11.9 Å². The number of nitrogens with zero attached hydrogens (tertiary/aromatic N) is 6. The molecule has 0 aliphatic carbocycles. The molecular formula is C21H26N6OS. The number of rotatable bonds is 3. The van der Waals surface area contributed by atoms with Gasteiger partial charge < -0.3 is 9.80 Å². The second-order valence-corrected chi connectivity index (χ2v) is 9.14. The zero-order valence-corrected chi connectivity index (χ0v) is 17.8. The number of likely N-dealkylation sites (tertiary alicyclic amines) is 1. The van der Waals surface area contributed by atoms with Crippen LogP contribution in [0.4, 0.5) is 5.82 Å². The number of amides is 1. The van der Waals surface area contributed by atoms with Crippen molar-refractivity contribution in [1.82, 2.24) is 24.5 Å². The van der Waals surface area contributed by atoms with Crippen molar-refractivity contribution < 1.29 is 4.79 Å². The maximum Gasteiger partial charge on any atom is 0.273 e. The Morgan fingerprint density at radius 3 is 2.66 bits per heavy atom. The van der Waals surface area contributed by atoms with Crippen LogP contribution in [0.5, 0.6) is 0 Å². The van der Waals surface area contributed by atoms with Gasteiger partial charge in [0, 0.05) is 42.8 Å². The molecule has 1 unspecified atom stereocenters. The maximum absolute atomic E-state index is 13.1. The normalized spacial score (nSPS) is 20.0. The van der Waals surface area contributed by atoms with Gasteiger partial charge >= 0.3 is 0 Å². The highest BCUT2D eigenvalue weighted by molar-refractivity contribution is 7.09. The van der Waals surface area contributed by atoms with Crippen LogP contribution in [0.25, 0.3) is 5.65 Å². The molecule has 7 nitrogen and oxygen atoms in total. The fourth-order valence-electron chi connectivity index (χ4n) is 4.52. The van der Waals surface area contributed by atoms with Crippen LogP contribution in [0.1, 0.15) is 64.9 Å². The molecule has 0 spiro atoms. The number of thiazole rings is 1. The lowest BCUT2D eigenvalue weighted by Crippen LogP contribution is -2.38. The van der Waals surface area contributed by atoms with E-state index in [1.165, 1.54) is 24.2 Å². The van der Waals surface area contributed by atoms with Gasteiger partial charge in [-0.05, 0) is 46.0 Å². The highest BCUT2D eigenvalue weighted by Crippen LogP contribution is 2.32. The third-order valence-corrected chi connectivity index (χ3v) is 6.75. The quantitative estimate of drug-likeness (QED) is 0.658. The van der Waals surface area contributed by atoms with Crippen molar-refractivity contribution >= 4 is 28.7 Å². The van der Waals surface area contributed by atoms with Crippen molar-refractivity contribution in [2.45, 2.75) is 52.0 Å². The highest BCUT2D eigenvalue weighted by atomic mass is 32.1. The van der Waals surface area contributed by atoms with Crippen LogP contribution in [-0.2, 0) is 0 Å². The predicted molar refractivity (Wildman–Crippen MR) is 114 cm³/mol. The van der Waals surface area contributed by atoms with Crippen molar-refractivity contribution in [2.75, 3.05) is 24.5 Å². The van der Waals surface area contributed by atoms with E-state index in [1.54, 1.807) is 0 Å². The third kappa shape index (κ3) is 3.39. The molecule has 8 heteroatoms. The summed E-state index contributed by atoms with van der Waals surface area (Å²) in [7, 11) is 0. The maximum atomic E-state index is 13.1. The number of piperidine rings is 1. The molecule has 1 amide bonds. The summed E-state index contributed by atoms with van der Waals surface area (Å²) in [6, 6.07) is 2.04. The molecule has 152 valence electrons. The molecule has 3 aromatic rings. The molecule has 2 aliphatic rings. The fraction of sp³-hybridized carbons (Fsp3) is 0.524. The van der Waals surface area contributed by atoms with E-state index in [9.17, 15) is 4.79 Å². The Bertz CT molecular complexity index is 1050. The molecular weight excluding hydrogens is 384 g/mol. The van der Waals surface area contributed by atoms with Gasteiger partial charge in [-0.15, -0.1) is 11.3 Å². The SMILES string of the molecule is Cc1nc(C(=O)N2CCCCC2c2cc3nc(N4CCCC4)c(C)cn3n2)cs1. The minimum absolute atomic E-state index is 0.0120. The lowest BCUT2D eigenvalue weighted by atomic mass is 9.99. The Balaban J connectivity index is 1.48. The Kier molecular flexibility index (Phi) is 4.73. The molecule has 2 saturated heterocycles. The molecule has 0 bridgehead atoms. The minimum atomic E-state index is -0.0181. The van der Waals surface area contributed by atoms with E-state index >= 15 is 0 Å². The summed E-state index contributed by atoms with van der Waals surface area (Å²) in [5.41, 5.74) is 3.47. The topological polar surface area (TPSA) is 66.6 Å². The highest BCUT2D eigenvalue weighted by Gasteiger charge is 2.32. The van der Waals surface area contributed by atoms with Gasteiger partial charge in [0.05, 0.1) is 16.7 Å². The summed E-state index contributed by atoms with van der Waals surface area (Å²) in [6.45, 7) is 6.93. The molecule has 1 atom stereocenters. The minimum Gasteiger partial charge on any atom is -0.356 e. The van der Waals surface area contributed by atoms with Crippen molar-refractivity contribution in [3.05, 3.63) is 39.6 Å². The molecule has 0 saturated carbocycles. The number of fused-ring (bicyclic) bond motifs is 1. The van der Waals surface area contributed by atoms with Gasteiger partial charge in [0.2, 0.25) is 0 Å². The first-order valence-electron chi connectivity index (χ1n) is 10.4. The number of hydrogen-bond acceptors (Lipinski definition) is 6. The van der Waals surface area contributed by atoms with Crippen LogP contribution in [0, 0.1) is 13.8 Å². The fourth-order valence-corrected chi connectivity index (χ4v) is 5.11. The van der Waals surface area contributed by atoms with Gasteiger partial charge in [-0.2, -0.15) is 5.10 Å². The number of anilines is 1. The number of carbonyl (C=O) groups is 1. The molecule has 5 rings (SSSR count). The first-order valence-corrected chi connectivity index (χ1v) is 11.3. The van der Waals surface area contributed by atoms with E-state index < -0.39 is 0 Å². The van der Waals surface area contributed by atoms with E-state index in [2.05, 4.69) is 29.1 Å². The Morgan fingerprint density at radius 1 is 1.10 bits per heavy atom. The van der Waals surface area contributed by atoms with Gasteiger partial charge in [0.25, 0.3) is 5.91 Å². The summed E-state index contributed by atoms with van der Waals surface area (Å²) in [6.07, 6.45) is 7.58. The van der Waals surface area contributed by atoms with Crippen LogP contribution < -0.4 is 4.90 Å². The molecule has 2 aliphatic heterocycles. The lowest BCUT2D eigenvalue weighted by molar-refractivity contribution is 0.0600. The zero-order valence-electron chi connectivity index (χ0n) is 17.0. The Hall–Kier alpha value is -2.48. The third-order valence-electron chi connectivity index (χ3n) is 5.97. The first-order chi connectivity index (χ1) is 14.1. The van der Waals surface area contributed by atoms with Crippen molar-refractivity contribution in [1.29, 1.82) is 0 Å². The summed E-state index contributed by atoms with van der Waals surface area (Å²) < 4.78 is 1.87. The average molecular weight is 411 g/mol. The van der Waals surface area contributed by atoms with E-state index in [0.29, 0.717) is 5.69 Å². The number of hydrogen-bond donors (Lipinski definition) is 0. The summed E-state index contributed by atoms with van der Waals surface area (Å²) in [5.74, 6) is 1.08. The standard InChI is InChI=1S/C21H26N6OS/c1-14-12-27-19(23-20(14)25-8-5-6-9-25)11-16(24-27)18-7-3-4-10-26(18)21(28)17-13-29-15(2)22-17/h11-13,18H,3-10H2,1-2H3. The van der Waals surface area contributed by atoms with Gasteiger partial charge in [-0.25, -0.2) is 14.5 Å². The van der Waals surface area contributed by atoms with Gasteiger partial charge in [-0.1, -0.05) is 0 Å². The van der Waals surface area contributed by atoms with Crippen molar-refractivity contribution in [2.24, 2.45) is 0 Å². The molecule has 0 radical (unpaired) electrons. The zero-order chi connectivity index (χ0) is 20.0. The first kappa shape index (κ1) is 18.5. The van der Waals surface area contributed by atoms with E-state index in [1.807, 2.05) is 21.7 Å². The predicted octanol–water partition coefficient (Wildman–Crippen LogP) is 3.77. The monoisotopic (exact) mass is 410 g/mol. The summed E-state index contributed by atoms with van der Waals surface area (Å²) in [5, 5.41) is 7.60. The second kappa shape index (κ2) is 7.40. The largest absolute Gasteiger partial charge is 0.356 e. The van der Waals surface area contributed by atoms with Crippen molar-refractivity contribution in [3.63, 3.8) is 0 Å². The summed E-state index contributed by atoms with van der Waals surface area (Å²) >= 11 is 1.52. The van der Waals surface area contributed by atoms with E-state index in [4.69, 9.17) is 10.1 Å². The van der Waals surface area contributed by atoms with Crippen molar-refractivity contribution in [3.8, 4) is 0 Å². The molecule has 0 N–H and O–H groups in total.